The Hall–Kier alpha value is -3.91. The highest BCUT2D eigenvalue weighted by atomic mass is 16.6. The third-order valence-corrected chi connectivity index (χ3v) is 5.99. The average Bonchev–Trinajstić information content (AvgIpc) is 3.20. The molecule has 2 amide bonds. The molecular formula is C26H27N3O5. The summed E-state index contributed by atoms with van der Waals surface area (Å²) in [5.74, 6) is -1.72. The number of fused-ring (bicyclic) bond motifs is 1. The first kappa shape index (κ1) is 23.3. The third kappa shape index (κ3) is 4.72. The standard InChI is InChI=1S/C26H27N3O5/c1-16(26(32)34-20-11-13-33-14-12-20)28-24(30)17(2)29-15-23-21(5-4-6-22(23)25(29)31)18-7-9-19(27-3)10-8-18/h4-10,20,27H,1-2,11-15H2,3H3,(H,28,30). The van der Waals surface area contributed by atoms with Crippen molar-refractivity contribution in [1.29, 1.82) is 0 Å². The number of anilines is 1. The molecule has 2 aliphatic heterocycles. The Morgan fingerprint density at radius 3 is 2.41 bits per heavy atom. The number of amides is 2. The van der Waals surface area contributed by atoms with Gasteiger partial charge in [0.05, 0.1) is 19.8 Å². The number of benzene rings is 2. The van der Waals surface area contributed by atoms with Crippen LogP contribution in [0.25, 0.3) is 11.1 Å². The molecule has 0 aliphatic carbocycles. The summed E-state index contributed by atoms with van der Waals surface area (Å²) >= 11 is 0. The predicted molar refractivity (Wildman–Crippen MR) is 128 cm³/mol. The van der Waals surface area contributed by atoms with E-state index < -0.39 is 11.9 Å². The van der Waals surface area contributed by atoms with Crippen molar-refractivity contribution in [3.05, 3.63) is 78.1 Å². The zero-order chi connectivity index (χ0) is 24.2. The molecule has 0 spiro atoms. The quantitative estimate of drug-likeness (QED) is 0.486. The second kappa shape index (κ2) is 9.93. The first-order chi connectivity index (χ1) is 16.4. The van der Waals surface area contributed by atoms with Crippen molar-refractivity contribution in [1.82, 2.24) is 10.2 Å². The number of hydrogen-bond acceptors (Lipinski definition) is 6. The van der Waals surface area contributed by atoms with Crippen molar-refractivity contribution < 1.29 is 23.9 Å². The van der Waals surface area contributed by atoms with Crippen molar-refractivity contribution >= 4 is 23.5 Å². The van der Waals surface area contributed by atoms with E-state index in [1.165, 1.54) is 4.90 Å². The van der Waals surface area contributed by atoms with Crippen LogP contribution in [0.5, 0.6) is 0 Å². The van der Waals surface area contributed by atoms with Crippen LogP contribution in [0.15, 0.2) is 67.0 Å². The molecule has 8 heteroatoms. The minimum absolute atomic E-state index is 0.0716. The molecule has 0 aromatic heterocycles. The number of carbonyl (C=O) groups is 3. The summed E-state index contributed by atoms with van der Waals surface area (Å²) < 4.78 is 10.6. The lowest BCUT2D eigenvalue weighted by atomic mass is 9.97. The van der Waals surface area contributed by atoms with Gasteiger partial charge in [-0.05, 0) is 34.9 Å². The summed E-state index contributed by atoms with van der Waals surface area (Å²) in [5, 5.41) is 5.49. The van der Waals surface area contributed by atoms with Crippen LogP contribution in [0.3, 0.4) is 0 Å². The summed E-state index contributed by atoms with van der Waals surface area (Å²) in [6.45, 7) is 8.65. The minimum Gasteiger partial charge on any atom is -0.458 e. The number of hydrogen-bond donors (Lipinski definition) is 2. The molecule has 0 unspecified atom stereocenters. The lowest BCUT2D eigenvalue weighted by molar-refractivity contribution is -0.149. The average molecular weight is 462 g/mol. The molecule has 8 nitrogen and oxygen atoms in total. The number of nitrogens with zero attached hydrogens (tertiary/aromatic N) is 1. The molecule has 34 heavy (non-hydrogen) atoms. The van der Waals surface area contributed by atoms with E-state index >= 15 is 0 Å². The Morgan fingerprint density at radius 1 is 1.06 bits per heavy atom. The van der Waals surface area contributed by atoms with Crippen LogP contribution in [0.4, 0.5) is 5.69 Å². The predicted octanol–water partition coefficient (Wildman–Crippen LogP) is 3.22. The largest absolute Gasteiger partial charge is 0.458 e. The fraction of sp³-hybridized carbons (Fsp3) is 0.269. The van der Waals surface area contributed by atoms with E-state index in [9.17, 15) is 14.4 Å². The van der Waals surface area contributed by atoms with Crippen LogP contribution in [0.1, 0.15) is 28.8 Å². The van der Waals surface area contributed by atoms with Gasteiger partial charge in [-0.15, -0.1) is 0 Å². The van der Waals surface area contributed by atoms with Gasteiger partial charge in [0.2, 0.25) is 0 Å². The van der Waals surface area contributed by atoms with Gasteiger partial charge in [-0.3, -0.25) is 14.5 Å². The van der Waals surface area contributed by atoms with Gasteiger partial charge >= 0.3 is 5.97 Å². The summed E-state index contributed by atoms with van der Waals surface area (Å²) in [4.78, 5) is 39.4. The zero-order valence-electron chi connectivity index (χ0n) is 19.1. The Bertz CT molecular complexity index is 1150. The van der Waals surface area contributed by atoms with E-state index in [1.807, 2.05) is 43.4 Å². The monoisotopic (exact) mass is 461 g/mol. The molecule has 2 heterocycles. The molecule has 2 N–H and O–H groups in total. The Morgan fingerprint density at radius 2 is 1.74 bits per heavy atom. The molecule has 1 saturated heterocycles. The van der Waals surface area contributed by atoms with Gasteiger partial charge in [0.1, 0.15) is 17.5 Å². The highest BCUT2D eigenvalue weighted by Gasteiger charge is 2.34. The van der Waals surface area contributed by atoms with Gasteiger partial charge in [0.25, 0.3) is 11.8 Å². The molecule has 176 valence electrons. The topological polar surface area (TPSA) is 97.0 Å². The number of rotatable bonds is 7. The molecule has 2 aliphatic rings. The maximum absolute atomic E-state index is 13.1. The zero-order valence-corrected chi connectivity index (χ0v) is 19.1. The number of carbonyl (C=O) groups excluding carboxylic acids is 3. The molecule has 0 atom stereocenters. The number of esters is 1. The van der Waals surface area contributed by atoms with Crippen LogP contribution in [0, 0.1) is 0 Å². The first-order valence-corrected chi connectivity index (χ1v) is 11.1. The van der Waals surface area contributed by atoms with Crippen LogP contribution in [0.2, 0.25) is 0 Å². The summed E-state index contributed by atoms with van der Waals surface area (Å²) in [6.07, 6.45) is 0.925. The Balaban J connectivity index is 1.44. The van der Waals surface area contributed by atoms with Gasteiger partial charge in [-0.25, -0.2) is 4.79 Å². The van der Waals surface area contributed by atoms with E-state index in [2.05, 4.69) is 23.8 Å². The smallest absolute Gasteiger partial charge is 0.354 e. The molecule has 0 bridgehead atoms. The van der Waals surface area contributed by atoms with Crippen LogP contribution < -0.4 is 10.6 Å². The molecule has 0 saturated carbocycles. The van der Waals surface area contributed by atoms with E-state index in [1.54, 1.807) is 6.07 Å². The second-order valence-electron chi connectivity index (χ2n) is 8.15. The van der Waals surface area contributed by atoms with E-state index in [-0.39, 0.29) is 29.9 Å². The maximum atomic E-state index is 13.1. The van der Waals surface area contributed by atoms with Gasteiger partial charge in [0.15, 0.2) is 0 Å². The minimum atomic E-state index is -0.712. The van der Waals surface area contributed by atoms with Crippen molar-refractivity contribution in [2.75, 3.05) is 25.6 Å². The van der Waals surface area contributed by atoms with E-state index in [0.29, 0.717) is 31.6 Å². The maximum Gasteiger partial charge on any atom is 0.354 e. The molecule has 1 fully saturated rings. The highest BCUT2D eigenvalue weighted by molar-refractivity contribution is 6.07. The lowest BCUT2D eigenvalue weighted by Crippen LogP contribution is -2.37. The normalized spacial score (nSPS) is 15.4. The molecule has 4 rings (SSSR count). The molecule has 2 aromatic carbocycles. The third-order valence-electron chi connectivity index (χ3n) is 5.99. The van der Waals surface area contributed by atoms with Gasteiger partial charge < -0.3 is 20.1 Å². The van der Waals surface area contributed by atoms with Crippen molar-refractivity contribution in [3.63, 3.8) is 0 Å². The number of ether oxygens (including phenoxy) is 2. The lowest BCUT2D eigenvalue weighted by Gasteiger charge is -2.23. The Kier molecular flexibility index (Phi) is 6.79. The van der Waals surface area contributed by atoms with Crippen LogP contribution >= 0.6 is 0 Å². The first-order valence-electron chi connectivity index (χ1n) is 11.1. The summed E-state index contributed by atoms with van der Waals surface area (Å²) in [7, 11) is 1.85. The van der Waals surface area contributed by atoms with Gasteiger partial charge in [-0.2, -0.15) is 0 Å². The fourth-order valence-electron chi connectivity index (χ4n) is 4.04. The second-order valence-corrected chi connectivity index (χ2v) is 8.15. The van der Waals surface area contributed by atoms with Crippen LogP contribution in [-0.2, 0) is 25.6 Å². The Labute approximate surface area is 198 Å². The molecule has 2 aromatic rings. The summed E-state index contributed by atoms with van der Waals surface area (Å²) in [5.41, 5.74) is 3.91. The number of nitrogens with one attached hydrogen (secondary N) is 2. The highest BCUT2D eigenvalue weighted by Crippen LogP contribution is 2.34. The van der Waals surface area contributed by atoms with Gasteiger partial charge in [-0.1, -0.05) is 37.4 Å². The molecular weight excluding hydrogens is 434 g/mol. The van der Waals surface area contributed by atoms with E-state index in [4.69, 9.17) is 9.47 Å². The van der Waals surface area contributed by atoms with Crippen molar-refractivity contribution in [2.24, 2.45) is 0 Å². The van der Waals surface area contributed by atoms with E-state index in [0.717, 1.165) is 22.4 Å². The fourth-order valence-corrected chi connectivity index (χ4v) is 4.04. The van der Waals surface area contributed by atoms with Gasteiger partial charge in [0, 0.05) is 31.1 Å². The SMILES string of the molecule is C=C(NC(=O)C(=C)N1Cc2c(cccc2-c2ccc(NC)cc2)C1=O)C(=O)OC1CCOCC1. The van der Waals surface area contributed by atoms with Crippen molar-refractivity contribution in [2.45, 2.75) is 25.5 Å². The summed E-state index contributed by atoms with van der Waals surface area (Å²) in [6, 6.07) is 13.4. The van der Waals surface area contributed by atoms with Crippen LogP contribution in [-0.4, -0.2) is 49.0 Å². The van der Waals surface area contributed by atoms with Crippen molar-refractivity contribution in [3.8, 4) is 11.1 Å². The molecule has 0 radical (unpaired) electrons.